The molecule has 0 radical (unpaired) electrons. The van der Waals surface area contributed by atoms with Crippen LogP contribution in [0.3, 0.4) is 0 Å². The van der Waals surface area contributed by atoms with E-state index < -0.39 is 0 Å². The number of hydrogen-bond donors (Lipinski definition) is 1. The molecular weight excluding hydrogens is 344 g/mol. The van der Waals surface area contributed by atoms with Crippen LogP contribution in [0.15, 0.2) is 42.6 Å². The molecule has 142 valence electrons. The molecule has 1 fully saturated rings. The molecule has 1 aliphatic heterocycles. The Labute approximate surface area is 158 Å². The molecule has 2 heterocycles. The highest BCUT2D eigenvalue weighted by Gasteiger charge is 2.21. The fourth-order valence-electron chi connectivity index (χ4n) is 2.88. The Balaban J connectivity index is 1.65. The van der Waals surface area contributed by atoms with Crippen LogP contribution in [0.5, 0.6) is 5.75 Å². The van der Waals surface area contributed by atoms with Gasteiger partial charge in [0.05, 0.1) is 6.10 Å². The highest BCUT2D eigenvalue weighted by molar-refractivity contribution is 5.95. The van der Waals surface area contributed by atoms with Crippen LogP contribution in [-0.4, -0.2) is 59.4 Å². The third-order valence-corrected chi connectivity index (χ3v) is 4.26. The van der Waals surface area contributed by atoms with Crippen molar-refractivity contribution in [1.82, 2.24) is 14.8 Å². The molecule has 0 bridgehead atoms. The van der Waals surface area contributed by atoms with Gasteiger partial charge in [-0.05, 0) is 50.2 Å². The number of hydrogen-bond acceptors (Lipinski definition) is 5. The first-order valence-corrected chi connectivity index (χ1v) is 9.03. The summed E-state index contributed by atoms with van der Waals surface area (Å²) in [5.41, 5.74) is 1.44. The van der Waals surface area contributed by atoms with Crippen LogP contribution in [0.25, 0.3) is 0 Å². The first-order valence-electron chi connectivity index (χ1n) is 9.03. The van der Waals surface area contributed by atoms with Gasteiger partial charge in [0.15, 0.2) is 0 Å². The number of amides is 2. The number of ether oxygens (including phenoxy) is 1. The number of carbonyl (C=O) groups excluding carboxylic acids is 2. The molecule has 0 atom stereocenters. The van der Waals surface area contributed by atoms with Crippen LogP contribution in [0, 0.1) is 0 Å². The standard InChI is InChI=1S/C20H24N4O3/c1-15(2)27-18-5-3-17(4-6-18)22-19-13-16(7-8-21-19)20(26)24-11-9-23(14-25)10-12-24/h3-8,13-15H,9-12H2,1-2H3,(H,21,22). The zero-order valence-electron chi connectivity index (χ0n) is 15.6. The van der Waals surface area contributed by atoms with Crippen molar-refractivity contribution in [3.8, 4) is 5.75 Å². The minimum atomic E-state index is -0.0494. The number of piperazine rings is 1. The molecule has 0 aliphatic carbocycles. The maximum Gasteiger partial charge on any atom is 0.254 e. The number of aromatic nitrogens is 1. The van der Waals surface area contributed by atoms with Crippen LogP contribution in [0.2, 0.25) is 0 Å². The fourth-order valence-corrected chi connectivity index (χ4v) is 2.88. The number of nitrogens with zero attached hydrogens (tertiary/aromatic N) is 3. The van der Waals surface area contributed by atoms with Crippen LogP contribution >= 0.6 is 0 Å². The van der Waals surface area contributed by atoms with E-state index in [-0.39, 0.29) is 12.0 Å². The number of benzene rings is 1. The van der Waals surface area contributed by atoms with Gasteiger partial charge in [0, 0.05) is 43.6 Å². The maximum atomic E-state index is 12.7. The van der Waals surface area contributed by atoms with Crippen molar-refractivity contribution in [2.45, 2.75) is 20.0 Å². The zero-order chi connectivity index (χ0) is 19.2. The molecule has 1 aromatic carbocycles. The first-order chi connectivity index (χ1) is 13.0. The predicted molar refractivity (Wildman–Crippen MR) is 103 cm³/mol. The van der Waals surface area contributed by atoms with Crippen LogP contribution < -0.4 is 10.1 Å². The van der Waals surface area contributed by atoms with Crippen molar-refractivity contribution in [2.24, 2.45) is 0 Å². The molecule has 0 spiro atoms. The smallest absolute Gasteiger partial charge is 0.254 e. The second kappa shape index (κ2) is 8.53. The summed E-state index contributed by atoms with van der Waals surface area (Å²) < 4.78 is 5.63. The van der Waals surface area contributed by atoms with E-state index in [0.29, 0.717) is 37.6 Å². The van der Waals surface area contributed by atoms with Gasteiger partial charge in [-0.15, -0.1) is 0 Å². The van der Waals surface area contributed by atoms with Crippen molar-refractivity contribution in [2.75, 3.05) is 31.5 Å². The third kappa shape index (κ3) is 4.97. The summed E-state index contributed by atoms with van der Waals surface area (Å²) in [6, 6.07) is 11.1. The van der Waals surface area contributed by atoms with E-state index in [9.17, 15) is 9.59 Å². The van der Waals surface area contributed by atoms with Gasteiger partial charge < -0.3 is 19.9 Å². The number of nitrogens with one attached hydrogen (secondary N) is 1. The molecule has 7 nitrogen and oxygen atoms in total. The van der Waals surface area contributed by atoms with Crippen molar-refractivity contribution in [1.29, 1.82) is 0 Å². The topological polar surface area (TPSA) is 74.8 Å². The van der Waals surface area contributed by atoms with Crippen molar-refractivity contribution < 1.29 is 14.3 Å². The van der Waals surface area contributed by atoms with Gasteiger partial charge in [-0.25, -0.2) is 4.98 Å². The molecule has 2 amide bonds. The summed E-state index contributed by atoms with van der Waals surface area (Å²) in [5.74, 6) is 1.36. The Bertz CT molecular complexity index is 784. The van der Waals surface area contributed by atoms with Gasteiger partial charge in [0.25, 0.3) is 5.91 Å². The Morgan fingerprint density at radius 1 is 1.15 bits per heavy atom. The second-order valence-electron chi connectivity index (χ2n) is 6.68. The molecule has 1 N–H and O–H groups in total. The molecule has 1 aliphatic rings. The Kier molecular flexibility index (Phi) is 5.90. The van der Waals surface area contributed by atoms with E-state index in [1.807, 2.05) is 38.1 Å². The normalized spacial score (nSPS) is 14.2. The van der Waals surface area contributed by atoms with Gasteiger partial charge in [-0.3, -0.25) is 9.59 Å². The number of carbonyl (C=O) groups is 2. The molecule has 1 saturated heterocycles. The van der Waals surface area contributed by atoms with Crippen molar-refractivity contribution in [3.63, 3.8) is 0 Å². The van der Waals surface area contributed by atoms with E-state index in [0.717, 1.165) is 17.8 Å². The average molecular weight is 368 g/mol. The van der Waals surface area contributed by atoms with E-state index in [1.54, 1.807) is 28.1 Å². The minimum Gasteiger partial charge on any atom is -0.491 e. The fraction of sp³-hybridized carbons (Fsp3) is 0.350. The summed E-state index contributed by atoms with van der Waals surface area (Å²) in [4.78, 5) is 31.2. The lowest BCUT2D eigenvalue weighted by Gasteiger charge is -2.32. The predicted octanol–water partition coefficient (Wildman–Crippen LogP) is 2.53. The van der Waals surface area contributed by atoms with Crippen molar-refractivity contribution in [3.05, 3.63) is 48.2 Å². The molecule has 0 saturated carbocycles. The first kappa shape index (κ1) is 18.7. The van der Waals surface area contributed by atoms with E-state index in [2.05, 4.69) is 10.3 Å². The Morgan fingerprint density at radius 2 is 1.85 bits per heavy atom. The van der Waals surface area contributed by atoms with Gasteiger partial charge >= 0.3 is 0 Å². The quantitative estimate of drug-likeness (QED) is 0.793. The largest absolute Gasteiger partial charge is 0.491 e. The molecule has 3 rings (SSSR count). The average Bonchev–Trinajstić information content (AvgIpc) is 2.69. The monoisotopic (exact) mass is 368 g/mol. The lowest BCUT2D eigenvalue weighted by Crippen LogP contribution is -2.48. The van der Waals surface area contributed by atoms with Crippen LogP contribution in [0.4, 0.5) is 11.5 Å². The molecule has 1 aromatic heterocycles. The molecule has 0 unspecified atom stereocenters. The van der Waals surface area contributed by atoms with E-state index in [4.69, 9.17) is 4.74 Å². The third-order valence-electron chi connectivity index (χ3n) is 4.26. The Morgan fingerprint density at radius 3 is 2.48 bits per heavy atom. The summed E-state index contributed by atoms with van der Waals surface area (Å²) in [7, 11) is 0. The van der Waals surface area contributed by atoms with Gasteiger partial charge in [0.2, 0.25) is 6.41 Å². The van der Waals surface area contributed by atoms with Gasteiger partial charge in [0.1, 0.15) is 11.6 Å². The summed E-state index contributed by atoms with van der Waals surface area (Å²) in [6.07, 6.45) is 2.57. The SMILES string of the molecule is CC(C)Oc1ccc(Nc2cc(C(=O)N3CCN(C=O)CC3)ccn2)cc1. The molecule has 2 aromatic rings. The Hall–Kier alpha value is -3.09. The summed E-state index contributed by atoms with van der Waals surface area (Å²) in [6.45, 7) is 6.18. The maximum absolute atomic E-state index is 12.7. The summed E-state index contributed by atoms with van der Waals surface area (Å²) >= 11 is 0. The summed E-state index contributed by atoms with van der Waals surface area (Å²) in [5, 5.41) is 3.21. The molecule has 27 heavy (non-hydrogen) atoms. The van der Waals surface area contributed by atoms with Gasteiger partial charge in [-0.2, -0.15) is 0 Å². The highest BCUT2D eigenvalue weighted by atomic mass is 16.5. The number of rotatable bonds is 6. The minimum absolute atomic E-state index is 0.0494. The lowest BCUT2D eigenvalue weighted by molar-refractivity contribution is -0.119. The van der Waals surface area contributed by atoms with Crippen LogP contribution in [-0.2, 0) is 4.79 Å². The van der Waals surface area contributed by atoms with Crippen molar-refractivity contribution >= 4 is 23.8 Å². The van der Waals surface area contributed by atoms with Gasteiger partial charge in [-0.1, -0.05) is 0 Å². The lowest BCUT2D eigenvalue weighted by atomic mass is 10.2. The number of anilines is 2. The molecule has 7 heteroatoms. The van der Waals surface area contributed by atoms with Crippen LogP contribution in [0.1, 0.15) is 24.2 Å². The zero-order valence-corrected chi connectivity index (χ0v) is 15.6. The molecular formula is C20H24N4O3. The number of pyridine rings is 1. The second-order valence-corrected chi connectivity index (χ2v) is 6.68. The van der Waals surface area contributed by atoms with E-state index >= 15 is 0 Å². The van der Waals surface area contributed by atoms with E-state index in [1.165, 1.54) is 0 Å². The highest BCUT2D eigenvalue weighted by Crippen LogP contribution is 2.20.